The van der Waals surface area contributed by atoms with Crippen LogP contribution < -0.4 is 25.4 Å². The molecule has 3 N–H and O–H groups in total. The molecular weight excluding hydrogens is 484 g/mol. The molecule has 9 nitrogen and oxygen atoms in total. The minimum Gasteiger partial charge on any atom is -0.497 e. The molecule has 3 amide bonds. The highest BCUT2D eigenvalue weighted by atomic mass is 16.5. The van der Waals surface area contributed by atoms with Crippen LogP contribution in [-0.4, -0.2) is 69.1 Å². The topological polar surface area (TPSA) is 109 Å². The second-order valence-corrected chi connectivity index (χ2v) is 9.82. The number of methoxy groups -OCH3 is 1. The van der Waals surface area contributed by atoms with Crippen molar-refractivity contribution < 1.29 is 23.9 Å². The number of nitrogens with one attached hydrogen (secondary N) is 3. The van der Waals surface area contributed by atoms with Gasteiger partial charge in [0, 0.05) is 31.4 Å². The number of carbonyl (C=O) groups is 3. The molecule has 2 aliphatic heterocycles. The van der Waals surface area contributed by atoms with Crippen LogP contribution >= 0.6 is 0 Å². The van der Waals surface area contributed by atoms with E-state index in [-0.39, 0.29) is 30.9 Å². The number of piperidine rings is 1. The Morgan fingerprint density at radius 3 is 2.79 bits per heavy atom. The van der Waals surface area contributed by atoms with Crippen molar-refractivity contribution in [2.24, 2.45) is 5.41 Å². The minimum absolute atomic E-state index is 0.0662. The van der Waals surface area contributed by atoms with Crippen LogP contribution in [0.1, 0.15) is 35.2 Å². The third-order valence-corrected chi connectivity index (χ3v) is 7.06. The van der Waals surface area contributed by atoms with Gasteiger partial charge in [-0.3, -0.25) is 19.3 Å². The highest BCUT2D eigenvalue weighted by Gasteiger charge is 2.41. The van der Waals surface area contributed by atoms with Crippen molar-refractivity contribution in [3.05, 3.63) is 65.7 Å². The van der Waals surface area contributed by atoms with Gasteiger partial charge in [-0.25, -0.2) is 0 Å². The van der Waals surface area contributed by atoms with Gasteiger partial charge in [0.1, 0.15) is 18.1 Å². The van der Waals surface area contributed by atoms with Crippen molar-refractivity contribution in [1.82, 2.24) is 15.5 Å². The highest BCUT2D eigenvalue weighted by Crippen LogP contribution is 2.34. The zero-order valence-corrected chi connectivity index (χ0v) is 22.0. The van der Waals surface area contributed by atoms with Gasteiger partial charge >= 0.3 is 0 Å². The zero-order chi connectivity index (χ0) is 27.0. The Morgan fingerprint density at radius 2 is 1.95 bits per heavy atom. The number of anilines is 1. The van der Waals surface area contributed by atoms with Crippen LogP contribution in [0.4, 0.5) is 5.69 Å². The maximum Gasteiger partial charge on any atom is 0.255 e. The van der Waals surface area contributed by atoms with Crippen molar-refractivity contribution in [3.63, 3.8) is 0 Å². The summed E-state index contributed by atoms with van der Waals surface area (Å²) in [6.07, 6.45) is 5.90. The molecule has 2 heterocycles. The van der Waals surface area contributed by atoms with Gasteiger partial charge in [0.15, 0.2) is 0 Å². The molecule has 1 spiro atoms. The van der Waals surface area contributed by atoms with Gasteiger partial charge in [-0.2, -0.15) is 0 Å². The van der Waals surface area contributed by atoms with E-state index in [9.17, 15) is 14.4 Å². The van der Waals surface area contributed by atoms with Gasteiger partial charge in [-0.1, -0.05) is 30.4 Å². The lowest BCUT2D eigenvalue weighted by atomic mass is 9.76. The number of aryl methyl sites for hydroxylation is 1. The molecule has 0 saturated carbocycles. The third-order valence-electron chi connectivity index (χ3n) is 7.06. The maximum absolute atomic E-state index is 13.4. The number of likely N-dealkylation sites (tertiary alicyclic amines) is 1. The van der Waals surface area contributed by atoms with E-state index in [1.165, 1.54) is 0 Å². The first-order valence-corrected chi connectivity index (χ1v) is 13.0. The largest absolute Gasteiger partial charge is 0.497 e. The summed E-state index contributed by atoms with van der Waals surface area (Å²) in [6.45, 7) is 4.22. The fourth-order valence-electron chi connectivity index (χ4n) is 4.99. The first kappa shape index (κ1) is 27.2. The number of carbonyl (C=O) groups excluding carboxylic acids is 3. The smallest absolute Gasteiger partial charge is 0.255 e. The van der Waals surface area contributed by atoms with Crippen molar-refractivity contribution >= 4 is 23.4 Å². The summed E-state index contributed by atoms with van der Waals surface area (Å²) in [7, 11) is 1.59. The van der Waals surface area contributed by atoms with Gasteiger partial charge in [-0.05, 0) is 56.5 Å². The van der Waals surface area contributed by atoms with Gasteiger partial charge in [-0.15, -0.1) is 0 Å². The maximum atomic E-state index is 13.4. The molecule has 202 valence electrons. The van der Waals surface area contributed by atoms with E-state index in [2.05, 4.69) is 16.0 Å². The number of ether oxygens (including phenoxy) is 2. The first-order valence-electron chi connectivity index (χ1n) is 13.0. The van der Waals surface area contributed by atoms with E-state index in [1.807, 2.05) is 42.2 Å². The fraction of sp³-hybridized carbons (Fsp3) is 0.414. The standard InChI is InChI=1S/C29H36N4O5/c1-21-10-11-22(37-2)18-24(21)32-26(34)19-33-16-7-13-29(20-33)12-5-6-17-38-25-9-4-3-8-23(25)27(35)30-14-15-31-28(29)36/h3-6,8-11,18H,7,12-17,19-20H2,1-2H3,(H,30,35)(H,31,36)(H,32,34). The van der Waals surface area contributed by atoms with E-state index in [4.69, 9.17) is 9.47 Å². The molecule has 0 radical (unpaired) electrons. The molecule has 2 aromatic carbocycles. The number of amides is 3. The van der Waals surface area contributed by atoms with Crippen LogP contribution in [0.25, 0.3) is 0 Å². The molecule has 1 fully saturated rings. The molecule has 9 heteroatoms. The van der Waals surface area contributed by atoms with Crippen LogP contribution in [0.5, 0.6) is 11.5 Å². The molecule has 1 saturated heterocycles. The Hall–Kier alpha value is -3.85. The average molecular weight is 521 g/mol. The Labute approximate surface area is 223 Å². The van der Waals surface area contributed by atoms with Crippen molar-refractivity contribution in [3.8, 4) is 11.5 Å². The molecule has 0 aromatic heterocycles. The summed E-state index contributed by atoms with van der Waals surface area (Å²) < 4.78 is 11.1. The van der Waals surface area contributed by atoms with Crippen molar-refractivity contribution in [2.75, 3.05) is 51.8 Å². The second-order valence-electron chi connectivity index (χ2n) is 9.82. The number of fused-ring (bicyclic) bond motifs is 1. The molecule has 0 bridgehead atoms. The Balaban J connectivity index is 1.44. The summed E-state index contributed by atoms with van der Waals surface area (Å²) >= 11 is 0. The van der Waals surface area contributed by atoms with E-state index in [0.29, 0.717) is 55.2 Å². The van der Waals surface area contributed by atoms with E-state index in [1.54, 1.807) is 31.4 Å². The lowest BCUT2D eigenvalue weighted by Gasteiger charge is -2.41. The zero-order valence-electron chi connectivity index (χ0n) is 22.0. The van der Waals surface area contributed by atoms with Crippen LogP contribution in [0.15, 0.2) is 54.6 Å². The van der Waals surface area contributed by atoms with Gasteiger partial charge in [0.25, 0.3) is 5.91 Å². The Bertz CT molecular complexity index is 1200. The van der Waals surface area contributed by atoms with Gasteiger partial charge < -0.3 is 25.4 Å². The second kappa shape index (κ2) is 12.6. The molecule has 1 atom stereocenters. The first-order chi connectivity index (χ1) is 18.4. The van der Waals surface area contributed by atoms with E-state index >= 15 is 0 Å². The predicted octanol–water partition coefficient (Wildman–Crippen LogP) is 2.91. The number of hydrogen-bond donors (Lipinski definition) is 3. The van der Waals surface area contributed by atoms with Crippen molar-refractivity contribution in [1.29, 1.82) is 0 Å². The number of hydrogen-bond acceptors (Lipinski definition) is 6. The normalized spacial score (nSPS) is 20.9. The van der Waals surface area contributed by atoms with Crippen LogP contribution in [0.2, 0.25) is 0 Å². The quantitative estimate of drug-likeness (QED) is 0.535. The summed E-state index contributed by atoms with van der Waals surface area (Å²) in [6, 6.07) is 12.7. The van der Waals surface area contributed by atoms with Gasteiger partial charge in [0.05, 0.1) is 24.6 Å². The Morgan fingerprint density at radius 1 is 1.13 bits per heavy atom. The average Bonchev–Trinajstić information content (AvgIpc) is 2.91. The molecule has 2 aliphatic rings. The van der Waals surface area contributed by atoms with Gasteiger partial charge in [0.2, 0.25) is 11.8 Å². The lowest BCUT2D eigenvalue weighted by molar-refractivity contribution is -0.135. The number of nitrogens with zero attached hydrogens (tertiary/aromatic N) is 1. The fourth-order valence-corrected chi connectivity index (χ4v) is 4.99. The summed E-state index contributed by atoms with van der Waals surface area (Å²) in [5.41, 5.74) is 1.45. The molecule has 2 aromatic rings. The van der Waals surface area contributed by atoms with Crippen LogP contribution in [0.3, 0.4) is 0 Å². The number of allylic oxidation sites excluding steroid dienone is 1. The molecule has 0 aliphatic carbocycles. The number of benzene rings is 2. The number of rotatable bonds is 4. The molecule has 4 rings (SSSR count). The Kier molecular flexibility index (Phi) is 9.02. The van der Waals surface area contributed by atoms with Crippen LogP contribution in [-0.2, 0) is 9.59 Å². The number of para-hydroxylation sites is 1. The lowest BCUT2D eigenvalue weighted by Crippen LogP contribution is -2.53. The summed E-state index contributed by atoms with van der Waals surface area (Å²) in [5, 5.41) is 8.85. The monoisotopic (exact) mass is 520 g/mol. The predicted molar refractivity (Wildman–Crippen MR) is 146 cm³/mol. The minimum atomic E-state index is -0.674. The van der Waals surface area contributed by atoms with E-state index < -0.39 is 5.41 Å². The van der Waals surface area contributed by atoms with E-state index in [0.717, 1.165) is 18.5 Å². The highest BCUT2D eigenvalue weighted by molar-refractivity contribution is 5.97. The van der Waals surface area contributed by atoms with Crippen molar-refractivity contribution in [2.45, 2.75) is 26.2 Å². The third kappa shape index (κ3) is 6.72. The molecular formula is C29H36N4O5. The summed E-state index contributed by atoms with van der Waals surface area (Å²) in [4.78, 5) is 41.0. The molecule has 38 heavy (non-hydrogen) atoms. The SMILES string of the molecule is COc1ccc(C)c(NC(=O)CN2CCCC3(CC=CCOc4ccccc4C(=O)NCCNC3=O)C2)c1. The summed E-state index contributed by atoms with van der Waals surface area (Å²) in [5.74, 6) is 0.751. The van der Waals surface area contributed by atoms with Crippen LogP contribution in [0, 0.1) is 12.3 Å². The molecule has 1 unspecified atom stereocenters.